The van der Waals surface area contributed by atoms with Crippen molar-refractivity contribution in [2.24, 2.45) is 5.41 Å². The minimum absolute atomic E-state index is 0.0429. The van der Waals surface area contributed by atoms with Gasteiger partial charge in [0, 0.05) is 35.5 Å². The number of aryl methyl sites for hydroxylation is 2. The molecular formula is C38H48N6O7. The van der Waals surface area contributed by atoms with E-state index in [0.717, 1.165) is 48.1 Å². The van der Waals surface area contributed by atoms with Crippen LogP contribution in [-0.2, 0) is 18.9 Å². The van der Waals surface area contributed by atoms with E-state index in [9.17, 15) is 14.9 Å². The standard InChI is InChI=1S/C38H48N6O7/c1-23-13-14-28-27(20-40-44(28)29-12-10-11-17-48-29)30(23)42-31-25(18-24(2)32(41-31)49-22-38(15-16-38)21-47-9)26(19-39)33(42)43(34(45)50-36(3,4)5)35(46)51-37(6,7)8/h13-14,18,20,29H,10-12,15-17,21-22H2,1-9H3. The Hall–Kier alpha value is -4.67. The summed E-state index contributed by atoms with van der Waals surface area (Å²) in [5, 5.41) is 16.7. The van der Waals surface area contributed by atoms with Gasteiger partial charge in [0.05, 0.1) is 30.6 Å². The molecule has 0 radical (unpaired) electrons. The van der Waals surface area contributed by atoms with E-state index in [1.54, 1.807) is 59.4 Å². The number of rotatable bonds is 8. The molecule has 1 aliphatic carbocycles. The van der Waals surface area contributed by atoms with Crippen molar-refractivity contribution in [2.75, 3.05) is 31.8 Å². The lowest BCUT2D eigenvalue weighted by molar-refractivity contribution is -0.0366. The zero-order valence-electron chi connectivity index (χ0n) is 31.1. The first-order valence-corrected chi connectivity index (χ1v) is 17.5. The monoisotopic (exact) mass is 700 g/mol. The molecule has 6 rings (SSSR count). The molecule has 1 saturated heterocycles. The molecule has 2 aliphatic rings. The van der Waals surface area contributed by atoms with Gasteiger partial charge >= 0.3 is 12.2 Å². The number of nitriles is 1. The van der Waals surface area contributed by atoms with Crippen LogP contribution in [0.3, 0.4) is 0 Å². The minimum atomic E-state index is -1.00. The van der Waals surface area contributed by atoms with Crippen LogP contribution in [0.5, 0.6) is 5.88 Å². The topological polar surface area (TPSA) is 143 Å². The number of amides is 2. The summed E-state index contributed by atoms with van der Waals surface area (Å²) < 4.78 is 33.1. The van der Waals surface area contributed by atoms with Gasteiger partial charge in [-0.2, -0.15) is 20.2 Å². The van der Waals surface area contributed by atoms with Crippen LogP contribution in [0.25, 0.3) is 27.6 Å². The smallest absolute Gasteiger partial charge is 0.425 e. The third kappa shape index (κ3) is 7.25. The molecule has 0 N–H and O–H groups in total. The third-order valence-corrected chi connectivity index (χ3v) is 9.07. The predicted octanol–water partition coefficient (Wildman–Crippen LogP) is 8.04. The first kappa shape index (κ1) is 36.1. The minimum Gasteiger partial charge on any atom is -0.477 e. The Morgan fingerprint density at radius 3 is 2.27 bits per heavy atom. The molecule has 1 atom stereocenters. The number of pyridine rings is 1. The van der Waals surface area contributed by atoms with Crippen molar-refractivity contribution in [1.82, 2.24) is 19.3 Å². The van der Waals surface area contributed by atoms with Crippen molar-refractivity contribution in [3.05, 3.63) is 41.1 Å². The molecule has 51 heavy (non-hydrogen) atoms. The number of methoxy groups -OCH3 is 1. The average molecular weight is 701 g/mol. The fourth-order valence-corrected chi connectivity index (χ4v) is 6.51. The maximum absolute atomic E-state index is 14.2. The summed E-state index contributed by atoms with van der Waals surface area (Å²) in [6.07, 6.45) is 4.28. The second kappa shape index (κ2) is 13.5. The van der Waals surface area contributed by atoms with Gasteiger partial charge in [0.15, 0.2) is 17.7 Å². The van der Waals surface area contributed by atoms with Gasteiger partial charge in [0.25, 0.3) is 0 Å². The van der Waals surface area contributed by atoms with Crippen LogP contribution in [0.4, 0.5) is 15.4 Å². The summed E-state index contributed by atoms with van der Waals surface area (Å²) in [6.45, 7) is 15.6. The number of carbonyl (C=O) groups excluding carboxylic acids is 2. The Balaban J connectivity index is 1.66. The van der Waals surface area contributed by atoms with Crippen LogP contribution in [0.15, 0.2) is 24.4 Å². The summed E-state index contributed by atoms with van der Waals surface area (Å²) in [5.74, 6) is 0.312. The number of aromatic nitrogens is 4. The fourth-order valence-electron chi connectivity index (χ4n) is 6.51. The largest absolute Gasteiger partial charge is 0.477 e. The number of benzene rings is 1. The van der Waals surface area contributed by atoms with E-state index in [4.69, 9.17) is 33.8 Å². The highest BCUT2D eigenvalue weighted by Gasteiger charge is 2.44. The number of imide groups is 1. The molecule has 0 bridgehead atoms. The fraction of sp³-hybridized carbons (Fsp3) is 0.553. The van der Waals surface area contributed by atoms with Gasteiger partial charge in [-0.15, -0.1) is 0 Å². The molecule has 4 aromatic rings. The van der Waals surface area contributed by atoms with Gasteiger partial charge in [-0.3, -0.25) is 4.57 Å². The van der Waals surface area contributed by atoms with Gasteiger partial charge in [-0.25, -0.2) is 14.3 Å². The normalized spacial score (nSPS) is 17.3. The first-order chi connectivity index (χ1) is 24.1. The Bertz CT molecular complexity index is 1990. The van der Waals surface area contributed by atoms with E-state index in [-0.39, 0.29) is 23.0 Å². The number of hydrogen-bond acceptors (Lipinski definition) is 10. The first-order valence-electron chi connectivity index (χ1n) is 17.5. The van der Waals surface area contributed by atoms with E-state index in [1.807, 2.05) is 36.7 Å². The van der Waals surface area contributed by atoms with E-state index in [2.05, 4.69) is 6.07 Å². The molecule has 1 aliphatic heterocycles. The molecular weight excluding hydrogens is 652 g/mol. The maximum atomic E-state index is 14.2. The Labute approximate surface area is 298 Å². The predicted molar refractivity (Wildman–Crippen MR) is 191 cm³/mol. The summed E-state index contributed by atoms with van der Waals surface area (Å²) >= 11 is 0. The van der Waals surface area contributed by atoms with E-state index in [1.165, 1.54) is 0 Å². The van der Waals surface area contributed by atoms with Gasteiger partial charge in [-0.1, -0.05) is 6.07 Å². The zero-order chi connectivity index (χ0) is 36.9. The maximum Gasteiger partial charge on any atom is 0.425 e. The van der Waals surface area contributed by atoms with Crippen LogP contribution in [0, 0.1) is 30.6 Å². The van der Waals surface area contributed by atoms with Crippen LogP contribution < -0.4 is 9.64 Å². The van der Waals surface area contributed by atoms with Gasteiger partial charge in [0.1, 0.15) is 22.8 Å². The molecule has 272 valence electrons. The lowest BCUT2D eigenvalue weighted by atomic mass is 10.1. The highest BCUT2D eigenvalue weighted by Crippen LogP contribution is 2.47. The van der Waals surface area contributed by atoms with Gasteiger partial charge < -0.3 is 23.7 Å². The molecule has 1 saturated carbocycles. The Morgan fingerprint density at radius 2 is 1.71 bits per heavy atom. The quantitative estimate of drug-likeness (QED) is 0.177. The van der Waals surface area contributed by atoms with Crippen LogP contribution in [0.2, 0.25) is 0 Å². The lowest BCUT2D eigenvalue weighted by Gasteiger charge is -2.29. The third-order valence-electron chi connectivity index (χ3n) is 9.07. The number of hydrogen-bond donors (Lipinski definition) is 0. The lowest BCUT2D eigenvalue weighted by Crippen LogP contribution is -2.45. The molecule has 3 aromatic heterocycles. The highest BCUT2D eigenvalue weighted by atomic mass is 16.6. The number of ether oxygens (including phenoxy) is 5. The molecule has 4 heterocycles. The molecule has 2 fully saturated rings. The van der Waals surface area contributed by atoms with Crippen molar-refractivity contribution in [3.8, 4) is 17.6 Å². The number of fused-ring (bicyclic) bond motifs is 2. The van der Waals surface area contributed by atoms with Crippen molar-refractivity contribution in [1.29, 1.82) is 5.26 Å². The molecule has 13 heteroatoms. The van der Waals surface area contributed by atoms with E-state index >= 15 is 0 Å². The van der Waals surface area contributed by atoms with E-state index in [0.29, 0.717) is 53.4 Å². The second-order valence-electron chi connectivity index (χ2n) is 15.7. The summed E-state index contributed by atoms with van der Waals surface area (Å²) in [6, 6.07) is 8.01. The van der Waals surface area contributed by atoms with Crippen molar-refractivity contribution in [2.45, 2.75) is 105 Å². The average Bonchev–Trinajstić information content (AvgIpc) is 3.57. The Morgan fingerprint density at radius 1 is 1.02 bits per heavy atom. The second-order valence-corrected chi connectivity index (χ2v) is 15.7. The Kier molecular flexibility index (Phi) is 9.54. The van der Waals surface area contributed by atoms with Gasteiger partial charge in [0.2, 0.25) is 5.88 Å². The summed E-state index contributed by atoms with van der Waals surface area (Å²) in [7, 11) is 1.68. The van der Waals surface area contributed by atoms with Crippen LogP contribution in [-0.4, -0.2) is 69.7 Å². The molecule has 13 nitrogen and oxygen atoms in total. The van der Waals surface area contributed by atoms with Crippen LogP contribution in [0.1, 0.15) is 96.6 Å². The summed E-state index contributed by atoms with van der Waals surface area (Å²) in [5.41, 5.74) is 1.16. The van der Waals surface area contributed by atoms with Crippen molar-refractivity contribution < 1.29 is 33.3 Å². The molecule has 2 amide bonds. The van der Waals surface area contributed by atoms with Crippen LogP contribution >= 0.6 is 0 Å². The molecule has 1 unspecified atom stereocenters. The highest BCUT2D eigenvalue weighted by molar-refractivity contribution is 6.13. The molecule has 0 spiro atoms. The summed E-state index contributed by atoms with van der Waals surface area (Å²) in [4.78, 5) is 34.2. The molecule has 1 aromatic carbocycles. The van der Waals surface area contributed by atoms with Gasteiger partial charge in [-0.05, 0) is 105 Å². The van der Waals surface area contributed by atoms with Crippen molar-refractivity contribution in [3.63, 3.8) is 0 Å². The SMILES string of the molecule is COCC1(COc2nc3c(cc2C)c(C#N)c(N(C(=O)OC(C)(C)C)C(=O)OC(C)(C)C)n3-c2c(C)ccc3c2cnn3C2CCCCO2)CC1. The number of carbonyl (C=O) groups is 2. The number of nitrogens with zero attached hydrogens (tertiary/aromatic N) is 6. The van der Waals surface area contributed by atoms with Crippen molar-refractivity contribution >= 4 is 39.9 Å². The zero-order valence-corrected chi connectivity index (χ0v) is 31.1. The number of anilines is 1. The van der Waals surface area contributed by atoms with E-state index < -0.39 is 23.4 Å².